The molecule has 0 unspecified atom stereocenters. The van der Waals surface area contributed by atoms with Crippen LogP contribution in [0.5, 0.6) is 0 Å². The van der Waals surface area contributed by atoms with Gasteiger partial charge in [-0.25, -0.2) is 0 Å². The average molecular weight is 331 g/mol. The van der Waals surface area contributed by atoms with E-state index in [1.807, 2.05) is 0 Å². The fourth-order valence-electron chi connectivity index (χ4n) is 0.583. The van der Waals surface area contributed by atoms with Crippen LogP contribution in [0.3, 0.4) is 0 Å². The molecule has 3 heteroatoms. The molecule has 0 saturated heterocycles. The molecule has 0 nitrogen and oxygen atoms in total. The van der Waals surface area contributed by atoms with Crippen molar-refractivity contribution >= 4 is 28.9 Å². The first kappa shape index (κ1) is 18.8. The minimum atomic E-state index is -2.42. The smallest absolute Gasteiger partial charge is 0.130 e. The number of hydrogen-bond donors (Lipinski definition) is 0. The van der Waals surface area contributed by atoms with Crippen molar-refractivity contribution in [3.8, 4) is 107 Å². The quantitative estimate of drug-likeness (QED) is 0.360. The Bertz CT molecular complexity index is 956. The first-order valence-electron chi connectivity index (χ1n) is 5.42. The fraction of sp³-hybridized carbons (Fsp3) is 0.0526. The molecule has 0 N–H and O–H groups in total. The molecule has 0 aromatic heterocycles. The van der Waals surface area contributed by atoms with E-state index in [9.17, 15) is 0 Å². The van der Waals surface area contributed by atoms with Crippen molar-refractivity contribution in [2.24, 2.45) is 0 Å². The fourth-order valence-corrected chi connectivity index (χ4v) is 1.15. The molecular weight excluding hydrogens is 327 g/mol. The van der Waals surface area contributed by atoms with Gasteiger partial charge in [0.2, 0.25) is 0 Å². The monoisotopic (exact) mass is 330 g/mol. The van der Waals surface area contributed by atoms with Crippen molar-refractivity contribution in [2.45, 2.75) is 6.55 Å². The Balaban J connectivity index is 4.41. The van der Waals surface area contributed by atoms with Crippen LogP contribution in [-0.2, 0) is 0 Å². The van der Waals surface area contributed by atoms with Crippen LogP contribution in [0.4, 0.5) is 0 Å². The van der Waals surface area contributed by atoms with Crippen LogP contribution >= 0.6 is 22.2 Å². The summed E-state index contributed by atoms with van der Waals surface area (Å²) in [4.78, 5) is 0. The largest absolute Gasteiger partial charge is 0.322 e. The summed E-state index contributed by atoms with van der Waals surface area (Å²) in [5, 5.41) is 0. The predicted molar refractivity (Wildman–Crippen MR) is 94.4 cm³/mol. The summed E-state index contributed by atoms with van der Waals surface area (Å²) in [6.45, 7) is -0.736. The van der Waals surface area contributed by atoms with E-state index < -0.39 is 6.69 Å². The van der Waals surface area contributed by atoms with Gasteiger partial charge < -0.3 is 0 Å². The van der Waals surface area contributed by atoms with Gasteiger partial charge in [0.05, 0.1) is 0 Å². The van der Waals surface area contributed by atoms with Gasteiger partial charge in [0.15, 0.2) is 0 Å². The van der Waals surface area contributed by atoms with Crippen molar-refractivity contribution in [1.82, 2.24) is 0 Å². The summed E-state index contributed by atoms with van der Waals surface area (Å²) in [7, 11) is 0. The third kappa shape index (κ3) is 16.8. The number of terminal acetylenes is 1. The molecule has 0 rings (SSSR count). The number of hydrogen-bond acceptors (Lipinski definition) is 0. The molecular formula is C19H4Cl2Si. The van der Waals surface area contributed by atoms with E-state index in [1.165, 1.54) is 0 Å². The summed E-state index contributed by atoms with van der Waals surface area (Å²) in [6, 6.07) is 0. The van der Waals surface area contributed by atoms with E-state index in [1.54, 1.807) is 6.55 Å². The molecule has 0 aliphatic rings. The van der Waals surface area contributed by atoms with E-state index in [0.717, 1.165) is 0 Å². The first-order chi connectivity index (χ1) is 10.6. The first-order valence-corrected chi connectivity index (χ1v) is 9.94. The molecule has 0 aromatic rings. The topological polar surface area (TPSA) is 0 Å². The summed E-state index contributed by atoms with van der Waals surface area (Å²) >= 11 is 11.5. The van der Waals surface area contributed by atoms with Gasteiger partial charge in [-0.05, 0) is 101 Å². The molecule has 0 heterocycles. The van der Waals surface area contributed by atoms with Crippen LogP contribution < -0.4 is 0 Å². The molecule has 22 heavy (non-hydrogen) atoms. The normalized spacial score (nSPS) is 5.73. The second-order valence-corrected chi connectivity index (χ2v) is 10.2. The highest BCUT2D eigenvalue weighted by atomic mass is 35.7. The third-order valence-corrected chi connectivity index (χ3v) is 2.36. The van der Waals surface area contributed by atoms with Gasteiger partial charge in [-0.1, -0.05) is 5.54 Å². The van der Waals surface area contributed by atoms with Crippen LogP contribution in [0.15, 0.2) is 0 Å². The highest BCUT2D eigenvalue weighted by Gasteiger charge is 2.15. The van der Waals surface area contributed by atoms with Gasteiger partial charge in [0.1, 0.15) is 0 Å². The van der Waals surface area contributed by atoms with Crippen molar-refractivity contribution in [1.29, 1.82) is 0 Å². The van der Waals surface area contributed by atoms with Gasteiger partial charge >= 0.3 is 6.69 Å². The molecule has 0 saturated carbocycles. The van der Waals surface area contributed by atoms with E-state index >= 15 is 0 Å². The van der Waals surface area contributed by atoms with Crippen molar-refractivity contribution < 1.29 is 0 Å². The zero-order valence-electron chi connectivity index (χ0n) is 11.3. The molecule has 0 aliphatic carbocycles. The molecule has 0 amide bonds. The molecule has 98 valence electrons. The SMILES string of the molecule is C#CC#CC#CC#CC#CC#CC#CC#CC#C[Si](C)(Cl)Cl. The van der Waals surface area contributed by atoms with Crippen molar-refractivity contribution in [3.63, 3.8) is 0 Å². The lowest BCUT2D eigenvalue weighted by Gasteiger charge is -1.93. The van der Waals surface area contributed by atoms with Gasteiger partial charge in [-0.2, -0.15) is 0 Å². The van der Waals surface area contributed by atoms with E-state index in [2.05, 4.69) is 100 Å². The van der Waals surface area contributed by atoms with Crippen molar-refractivity contribution in [2.75, 3.05) is 0 Å². The Morgan fingerprint density at radius 1 is 0.545 bits per heavy atom. The Labute approximate surface area is 142 Å². The van der Waals surface area contributed by atoms with E-state index in [-0.39, 0.29) is 0 Å². The van der Waals surface area contributed by atoms with Gasteiger partial charge in [0.25, 0.3) is 0 Å². The van der Waals surface area contributed by atoms with Crippen LogP contribution in [-0.4, -0.2) is 6.69 Å². The summed E-state index contributed by atoms with van der Waals surface area (Å²) in [5.41, 5.74) is 2.64. The Morgan fingerprint density at radius 2 is 0.818 bits per heavy atom. The van der Waals surface area contributed by atoms with Gasteiger partial charge in [0, 0.05) is 0 Å². The number of rotatable bonds is 0. The van der Waals surface area contributed by atoms with E-state index in [4.69, 9.17) is 28.6 Å². The van der Waals surface area contributed by atoms with Crippen LogP contribution in [0.25, 0.3) is 0 Å². The molecule has 0 bridgehead atoms. The second kappa shape index (κ2) is 12.8. The van der Waals surface area contributed by atoms with Crippen LogP contribution in [0.1, 0.15) is 0 Å². The molecule has 0 fully saturated rings. The van der Waals surface area contributed by atoms with Gasteiger partial charge in [-0.3, -0.25) is 0 Å². The Hall–Kier alpha value is -3.16. The number of halogens is 2. The lowest BCUT2D eigenvalue weighted by atomic mass is 10.5. The average Bonchev–Trinajstić information content (AvgIpc) is 2.45. The lowest BCUT2D eigenvalue weighted by molar-refractivity contribution is 2.24. The maximum absolute atomic E-state index is 5.75. The maximum atomic E-state index is 5.75. The minimum absolute atomic E-state index is 1.68. The molecule has 0 spiro atoms. The molecule has 0 aromatic carbocycles. The lowest BCUT2D eigenvalue weighted by Crippen LogP contribution is -2.08. The minimum Gasteiger partial charge on any atom is -0.130 e. The van der Waals surface area contributed by atoms with E-state index in [0.29, 0.717) is 0 Å². The highest BCUT2D eigenvalue weighted by Crippen LogP contribution is 2.10. The van der Waals surface area contributed by atoms with Crippen molar-refractivity contribution in [3.05, 3.63) is 0 Å². The molecule has 0 radical (unpaired) electrons. The zero-order valence-corrected chi connectivity index (χ0v) is 13.8. The Morgan fingerprint density at radius 3 is 1.09 bits per heavy atom. The van der Waals surface area contributed by atoms with Gasteiger partial charge in [-0.15, -0.1) is 28.6 Å². The third-order valence-electron chi connectivity index (χ3n) is 1.23. The highest BCUT2D eigenvalue weighted by molar-refractivity contribution is 7.48. The summed E-state index contributed by atoms with van der Waals surface area (Å²) in [5.74, 6) is 39.1. The summed E-state index contributed by atoms with van der Waals surface area (Å²) in [6.07, 6.45) is 4.90. The van der Waals surface area contributed by atoms with Crippen LogP contribution in [0, 0.1) is 107 Å². The van der Waals surface area contributed by atoms with Crippen LogP contribution in [0.2, 0.25) is 6.55 Å². The Kier molecular flexibility index (Phi) is 11.0. The molecule has 0 aliphatic heterocycles. The zero-order chi connectivity index (χ0) is 16.5. The predicted octanol–water partition coefficient (Wildman–Crippen LogP) is 1.74. The second-order valence-electron chi connectivity index (χ2n) is 3.03. The molecule has 0 atom stereocenters. The summed E-state index contributed by atoms with van der Waals surface area (Å²) < 4.78 is 0. The standard InChI is InChI=1S/C19H4Cl2Si/c1-3-4-5-6-7-8-9-10-11-12-13-14-15-16-17-18-19-22(2,20)21/h1H,2H3. The maximum Gasteiger partial charge on any atom is 0.322 e.